The maximum atomic E-state index is 12.5. The molecule has 0 unspecified atom stereocenters. The summed E-state index contributed by atoms with van der Waals surface area (Å²) in [5.74, 6) is 0.654. The van der Waals surface area contributed by atoms with Gasteiger partial charge in [0, 0.05) is 11.2 Å². The van der Waals surface area contributed by atoms with Gasteiger partial charge < -0.3 is 9.47 Å². The summed E-state index contributed by atoms with van der Waals surface area (Å²) >= 11 is 5.93. The number of pyridine rings is 1. The summed E-state index contributed by atoms with van der Waals surface area (Å²) < 4.78 is 10.3. The molecule has 98 valence electrons. The van der Waals surface area contributed by atoms with Crippen molar-refractivity contribution in [2.24, 2.45) is 0 Å². The van der Waals surface area contributed by atoms with E-state index in [0.717, 1.165) is 0 Å². The van der Waals surface area contributed by atoms with Crippen LogP contribution in [0.2, 0.25) is 5.02 Å². The predicted octanol–water partition coefficient (Wildman–Crippen LogP) is 2.98. The lowest BCUT2D eigenvalue weighted by atomic mass is 10.0. The van der Waals surface area contributed by atoms with Crippen LogP contribution in [-0.4, -0.2) is 25.0 Å². The standard InChI is InChI=1S/C14H12ClNO3/c1-18-12-4-3-9(15)7-11(12)14(17)10-5-6-16-8-13(10)19-2/h3-8H,1-2H3. The minimum Gasteiger partial charge on any atom is -0.496 e. The first-order chi connectivity index (χ1) is 9.17. The first-order valence-electron chi connectivity index (χ1n) is 5.53. The van der Waals surface area contributed by atoms with Gasteiger partial charge in [-0.2, -0.15) is 0 Å². The lowest BCUT2D eigenvalue weighted by Gasteiger charge is -2.10. The highest BCUT2D eigenvalue weighted by Crippen LogP contribution is 2.28. The molecule has 0 aliphatic rings. The van der Waals surface area contributed by atoms with Crippen LogP contribution >= 0.6 is 11.6 Å². The molecular formula is C14H12ClNO3. The molecule has 0 aliphatic carbocycles. The highest BCUT2D eigenvalue weighted by Gasteiger charge is 2.18. The van der Waals surface area contributed by atoms with Crippen LogP contribution in [0, 0.1) is 0 Å². The van der Waals surface area contributed by atoms with Crippen molar-refractivity contribution in [2.45, 2.75) is 0 Å². The largest absolute Gasteiger partial charge is 0.496 e. The van der Waals surface area contributed by atoms with Gasteiger partial charge in [0.05, 0.1) is 31.5 Å². The summed E-state index contributed by atoms with van der Waals surface area (Å²) in [5, 5.41) is 0.470. The fraction of sp³-hybridized carbons (Fsp3) is 0.143. The lowest BCUT2D eigenvalue weighted by Crippen LogP contribution is -2.06. The number of halogens is 1. The molecule has 0 fully saturated rings. The quantitative estimate of drug-likeness (QED) is 0.806. The van der Waals surface area contributed by atoms with E-state index >= 15 is 0 Å². The Bertz CT molecular complexity index is 613. The minimum absolute atomic E-state index is 0.224. The molecule has 4 nitrogen and oxygen atoms in total. The third-order valence-electron chi connectivity index (χ3n) is 2.66. The second-order valence-corrected chi connectivity index (χ2v) is 4.19. The van der Waals surface area contributed by atoms with Crippen LogP contribution in [0.1, 0.15) is 15.9 Å². The van der Waals surface area contributed by atoms with Gasteiger partial charge in [-0.3, -0.25) is 9.78 Å². The molecule has 0 saturated carbocycles. The Morgan fingerprint density at radius 1 is 1.11 bits per heavy atom. The molecule has 2 rings (SSSR count). The van der Waals surface area contributed by atoms with Crippen molar-refractivity contribution in [3.8, 4) is 11.5 Å². The molecular weight excluding hydrogens is 266 g/mol. The Morgan fingerprint density at radius 3 is 2.53 bits per heavy atom. The van der Waals surface area contributed by atoms with Gasteiger partial charge >= 0.3 is 0 Å². The molecule has 0 atom stereocenters. The number of hydrogen-bond donors (Lipinski definition) is 0. The Morgan fingerprint density at radius 2 is 1.84 bits per heavy atom. The maximum Gasteiger partial charge on any atom is 0.200 e. The molecule has 0 radical (unpaired) electrons. The van der Waals surface area contributed by atoms with Crippen LogP contribution in [0.4, 0.5) is 0 Å². The summed E-state index contributed by atoms with van der Waals surface area (Å²) in [6.45, 7) is 0. The first kappa shape index (κ1) is 13.4. The Kier molecular flexibility index (Phi) is 4.02. The molecule has 0 bridgehead atoms. The minimum atomic E-state index is -0.224. The van der Waals surface area contributed by atoms with Crippen LogP contribution in [0.25, 0.3) is 0 Å². The molecule has 0 spiro atoms. The fourth-order valence-corrected chi connectivity index (χ4v) is 1.91. The van der Waals surface area contributed by atoms with E-state index in [2.05, 4.69) is 4.98 Å². The van der Waals surface area contributed by atoms with E-state index in [-0.39, 0.29) is 5.78 Å². The number of carbonyl (C=O) groups is 1. The normalized spacial score (nSPS) is 10.1. The van der Waals surface area contributed by atoms with E-state index in [1.165, 1.54) is 26.6 Å². The zero-order chi connectivity index (χ0) is 13.8. The highest BCUT2D eigenvalue weighted by atomic mass is 35.5. The second-order valence-electron chi connectivity index (χ2n) is 3.75. The summed E-state index contributed by atoms with van der Waals surface area (Å²) in [7, 11) is 2.99. The zero-order valence-electron chi connectivity index (χ0n) is 10.5. The van der Waals surface area contributed by atoms with E-state index in [1.54, 1.807) is 24.3 Å². The fourth-order valence-electron chi connectivity index (χ4n) is 1.73. The number of methoxy groups -OCH3 is 2. The van der Waals surface area contributed by atoms with E-state index in [4.69, 9.17) is 21.1 Å². The monoisotopic (exact) mass is 277 g/mol. The smallest absolute Gasteiger partial charge is 0.200 e. The molecule has 0 aliphatic heterocycles. The molecule has 1 heterocycles. The van der Waals surface area contributed by atoms with Gasteiger partial charge in [-0.1, -0.05) is 11.6 Å². The van der Waals surface area contributed by atoms with Gasteiger partial charge in [-0.05, 0) is 24.3 Å². The molecule has 0 saturated heterocycles. The lowest BCUT2D eigenvalue weighted by molar-refractivity contribution is 0.103. The number of aromatic nitrogens is 1. The number of rotatable bonds is 4. The number of ketones is 1. The molecule has 0 N–H and O–H groups in total. The molecule has 1 aromatic carbocycles. The maximum absolute atomic E-state index is 12.5. The number of ether oxygens (including phenoxy) is 2. The van der Waals surface area contributed by atoms with Crippen LogP contribution < -0.4 is 9.47 Å². The zero-order valence-corrected chi connectivity index (χ0v) is 11.3. The van der Waals surface area contributed by atoms with E-state index in [9.17, 15) is 4.79 Å². The number of benzene rings is 1. The average molecular weight is 278 g/mol. The van der Waals surface area contributed by atoms with Crippen LogP contribution in [0.5, 0.6) is 11.5 Å². The van der Waals surface area contributed by atoms with Gasteiger partial charge in [0.15, 0.2) is 0 Å². The second kappa shape index (κ2) is 5.71. The Labute approximate surface area is 115 Å². The average Bonchev–Trinajstić information content (AvgIpc) is 2.46. The summed E-state index contributed by atoms with van der Waals surface area (Å²) in [4.78, 5) is 16.4. The third-order valence-corrected chi connectivity index (χ3v) is 2.89. The molecule has 2 aromatic rings. The third kappa shape index (κ3) is 2.69. The summed E-state index contributed by atoms with van der Waals surface area (Å²) in [5.41, 5.74) is 0.803. The van der Waals surface area contributed by atoms with Crippen molar-refractivity contribution in [3.63, 3.8) is 0 Å². The van der Waals surface area contributed by atoms with Crippen molar-refractivity contribution < 1.29 is 14.3 Å². The van der Waals surface area contributed by atoms with Gasteiger partial charge in [0.1, 0.15) is 11.5 Å². The summed E-state index contributed by atoms with van der Waals surface area (Å²) in [6.07, 6.45) is 3.02. The van der Waals surface area contributed by atoms with Gasteiger partial charge in [0.25, 0.3) is 0 Å². The van der Waals surface area contributed by atoms with Gasteiger partial charge in [-0.15, -0.1) is 0 Å². The predicted molar refractivity (Wildman–Crippen MR) is 72.2 cm³/mol. The number of hydrogen-bond acceptors (Lipinski definition) is 4. The first-order valence-corrected chi connectivity index (χ1v) is 5.91. The molecule has 5 heteroatoms. The van der Waals surface area contributed by atoms with Crippen LogP contribution in [-0.2, 0) is 0 Å². The molecule has 1 aromatic heterocycles. The van der Waals surface area contributed by atoms with E-state index < -0.39 is 0 Å². The van der Waals surface area contributed by atoms with Gasteiger partial charge in [-0.25, -0.2) is 0 Å². The van der Waals surface area contributed by atoms with E-state index in [0.29, 0.717) is 27.6 Å². The van der Waals surface area contributed by atoms with Gasteiger partial charge in [0.2, 0.25) is 5.78 Å². The van der Waals surface area contributed by atoms with E-state index in [1.807, 2.05) is 0 Å². The van der Waals surface area contributed by atoms with Crippen molar-refractivity contribution in [1.82, 2.24) is 4.98 Å². The topological polar surface area (TPSA) is 48.4 Å². The summed E-state index contributed by atoms with van der Waals surface area (Å²) in [6, 6.07) is 6.49. The number of nitrogens with zero attached hydrogens (tertiary/aromatic N) is 1. The number of carbonyl (C=O) groups excluding carboxylic acids is 1. The van der Waals surface area contributed by atoms with Crippen molar-refractivity contribution in [1.29, 1.82) is 0 Å². The van der Waals surface area contributed by atoms with Crippen molar-refractivity contribution in [2.75, 3.05) is 14.2 Å². The van der Waals surface area contributed by atoms with Crippen LogP contribution in [0.3, 0.4) is 0 Å². The highest BCUT2D eigenvalue weighted by molar-refractivity contribution is 6.31. The van der Waals surface area contributed by atoms with Crippen molar-refractivity contribution in [3.05, 3.63) is 52.8 Å². The Hall–Kier alpha value is -2.07. The molecule has 19 heavy (non-hydrogen) atoms. The SMILES string of the molecule is COc1cnccc1C(=O)c1cc(Cl)ccc1OC. The molecule has 0 amide bonds. The Balaban J connectivity index is 2.52. The van der Waals surface area contributed by atoms with Crippen molar-refractivity contribution >= 4 is 17.4 Å². The van der Waals surface area contributed by atoms with Crippen LogP contribution in [0.15, 0.2) is 36.7 Å².